The maximum absolute atomic E-state index is 4.29. The first-order chi connectivity index (χ1) is 7.25. The number of nitrogens with zero attached hydrogens (tertiary/aromatic N) is 2. The van der Waals surface area contributed by atoms with E-state index >= 15 is 0 Å². The summed E-state index contributed by atoms with van der Waals surface area (Å²) in [5.74, 6) is 0.909. The molecule has 0 saturated carbocycles. The van der Waals surface area contributed by atoms with Gasteiger partial charge in [-0.1, -0.05) is 0 Å². The van der Waals surface area contributed by atoms with Crippen LogP contribution in [0.3, 0.4) is 0 Å². The molecular weight excluding hydrogens is 274 g/mol. The second-order valence-electron chi connectivity index (χ2n) is 3.15. The Morgan fingerprint density at radius 2 is 2.33 bits per heavy atom. The van der Waals surface area contributed by atoms with Crippen LogP contribution in [0.1, 0.15) is 11.3 Å². The molecule has 0 fully saturated rings. The van der Waals surface area contributed by atoms with Crippen molar-refractivity contribution >= 4 is 33.1 Å². The lowest BCUT2D eigenvalue weighted by Crippen LogP contribution is -2.03. The zero-order chi connectivity index (χ0) is 10.7. The Bertz CT molecular complexity index is 442. The van der Waals surface area contributed by atoms with E-state index in [0.717, 1.165) is 28.1 Å². The van der Waals surface area contributed by atoms with Gasteiger partial charge in [-0.05, 0) is 34.5 Å². The molecule has 2 heterocycles. The Kier molecular flexibility index (Phi) is 3.33. The van der Waals surface area contributed by atoms with Crippen molar-refractivity contribution in [3.8, 4) is 0 Å². The Balaban J connectivity index is 2.05. The monoisotopic (exact) mass is 283 g/mol. The van der Waals surface area contributed by atoms with E-state index in [1.54, 1.807) is 17.5 Å². The highest BCUT2D eigenvalue weighted by Crippen LogP contribution is 2.17. The highest BCUT2D eigenvalue weighted by molar-refractivity contribution is 9.10. The number of rotatable bonds is 3. The predicted molar refractivity (Wildman–Crippen MR) is 66.1 cm³/mol. The number of hydrogen-bond acceptors (Lipinski definition) is 4. The number of anilines is 1. The van der Waals surface area contributed by atoms with Crippen LogP contribution < -0.4 is 5.32 Å². The molecule has 0 atom stereocenters. The van der Waals surface area contributed by atoms with Crippen LogP contribution in [0.2, 0.25) is 0 Å². The summed E-state index contributed by atoms with van der Waals surface area (Å²) < 4.78 is 0.999. The summed E-state index contributed by atoms with van der Waals surface area (Å²) in [4.78, 5) is 8.49. The number of thiazole rings is 1. The molecular formula is C10H10BrN3S. The van der Waals surface area contributed by atoms with E-state index in [9.17, 15) is 0 Å². The topological polar surface area (TPSA) is 37.8 Å². The number of hydrogen-bond donors (Lipinski definition) is 1. The fourth-order valence-electron chi connectivity index (χ4n) is 1.22. The lowest BCUT2D eigenvalue weighted by atomic mass is 10.3. The second kappa shape index (κ2) is 4.72. The molecule has 1 N–H and O–H groups in total. The average Bonchev–Trinajstić information content (AvgIpc) is 2.69. The molecule has 0 saturated heterocycles. The normalized spacial score (nSPS) is 10.3. The first-order valence-corrected chi connectivity index (χ1v) is 6.22. The Morgan fingerprint density at radius 3 is 3.00 bits per heavy atom. The van der Waals surface area contributed by atoms with Crippen LogP contribution in [0.4, 0.5) is 5.82 Å². The first kappa shape index (κ1) is 10.6. The van der Waals surface area contributed by atoms with E-state index in [0.29, 0.717) is 0 Å². The Morgan fingerprint density at radius 1 is 1.47 bits per heavy atom. The highest BCUT2D eigenvalue weighted by Gasteiger charge is 2.01. The molecule has 78 valence electrons. The molecule has 15 heavy (non-hydrogen) atoms. The molecule has 0 aliphatic heterocycles. The summed E-state index contributed by atoms with van der Waals surface area (Å²) >= 11 is 4.99. The third-order valence-corrected chi connectivity index (χ3v) is 3.03. The van der Waals surface area contributed by atoms with Gasteiger partial charge in [0.05, 0.1) is 17.7 Å². The fraction of sp³-hybridized carbons (Fsp3) is 0.200. The number of aromatic nitrogens is 2. The zero-order valence-electron chi connectivity index (χ0n) is 8.20. The third-order valence-electron chi connectivity index (χ3n) is 1.97. The van der Waals surface area contributed by atoms with Crippen LogP contribution in [0.5, 0.6) is 0 Å². The van der Waals surface area contributed by atoms with Crippen molar-refractivity contribution < 1.29 is 0 Å². The van der Waals surface area contributed by atoms with Crippen LogP contribution in [0.25, 0.3) is 0 Å². The lowest BCUT2D eigenvalue weighted by Gasteiger charge is -2.06. The van der Waals surface area contributed by atoms with Crippen molar-refractivity contribution in [2.24, 2.45) is 0 Å². The minimum absolute atomic E-state index is 0.721. The number of pyridine rings is 1. The molecule has 2 aromatic heterocycles. The first-order valence-electron chi connectivity index (χ1n) is 4.49. The Labute approximate surface area is 101 Å². The van der Waals surface area contributed by atoms with Gasteiger partial charge in [0.1, 0.15) is 5.82 Å². The van der Waals surface area contributed by atoms with Crippen LogP contribution >= 0.6 is 27.3 Å². The molecule has 3 nitrogen and oxygen atoms in total. The summed E-state index contributed by atoms with van der Waals surface area (Å²) in [7, 11) is 0. The van der Waals surface area contributed by atoms with Crippen molar-refractivity contribution in [3.63, 3.8) is 0 Å². The Hall–Kier alpha value is -0.940. The van der Waals surface area contributed by atoms with Gasteiger partial charge in [0.2, 0.25) is 0 Å². The number of halogens is 1. The van der Waals surface area contributed by atoms with E-state index in [2.05, 4.69) is 31.2 Å². The van der Waals surface area contributed by atoms with Gasteiger partial charge in [0.25, 0.3) is 0 Å². The van der Waals surface area contributed by atoms with Crippen molar-refractivity contribution in [1.82, 2.24) is 9.97 Å². The molecule has 0 aliphatic rings. The number of nitrogens with one attached hydrogen (secondary N) is 1. The van der Waals surface area contributed by atoms with Crippen molar-refractivity contribution in [2.75, 3.05) is 5.32 Å². The highest BCUT2D eigenvalue weighted by atomic mass is 79.9. The summed E-state index contributed by atoms with van der Waals surface area (Å²) in [6.07, 6.45) is 1.79. The fourth-order valence-corrected chi connectivity index (χ4v) is 2.23. The van der Waals surface area contributed by atoms with Gasteiger partial charge in [-0.25, -0.2) is 9.97 Å². The molecule has 0 aromatic carbocycles. The van der Waals surface area contributed by atoms with Crippen molar-refractivity contribution in [1.29, 1.82) is 0 Å². The molecule has 0 amide bonds. The molecule has 5 heteroatoms. The summed E-state index contributed by atoms with van der Waals surface area (Å²) in [6.45, 7) is 2.75. The SMILES string of the molecule is Cc1cc(Br)cnc1NCc1cscn1. The largest absolute Gasteiger partial charge is 0.364 e. The minimum atomic E-state index is 0.721. The van der Waals surface area contributed by atoms with E-state index in [4.69, 9.17) is 0 Å². The minimum Gasteiger partial charge on any atom is -0.364 e. The van der Waals surface area contributed by atoms with Crippen LogP contribution in [-0.2, 0) is 6.54 Å². The summed E-state index contributed by atoms with van der Waals surface area (Å²) in [5, 5.41) is 5.28. The molecule has 0 aliphatic carbocycles. The van der Waals surface area contributed by atoms with Crippen molar-refractivity contribution in [3.05, 3.63) is 38.9 Å². The number of aryl methyl sites for hydroxylation is 1. The third kappa shape index (κ3) is 2.76. The van der Waals surface area contributed by atoms with Gasteiger partial charge in [-0.3, -0.25) is 0 Å². The standard InChI is InChI=1S/C10H10BrN3S/c1-7-2-8(11)3-12-10(7)13-4-9-5-15-6-14-9/h2-3,5-6H,4H2,1H3,(H,12,13). The van der Waals surface area contributed by atoms with Crippen LogP contribution in [0.15, 0.2) is 27.6 Å². The smallest absolute Gasteiger partial charge is 0.129 e. The van der Waals surface area contributed by atoms with Gasteiger partial charge in [0.15, 0.2) is 0 Å². The van der Waals surface area contributed by atoms with Gasteiger partial charge < -0.3 is 5.32 Å². The summed E-state index contributed by atoms with van der Waals surface area (Å²) in [5.41, 5.74) is 4.00. The van der Waals surface area contributed by atoms with Crippen LogP contribution in [-0.4, -0.2) is 9.97 Å². The van der Waals surface area contributed by atoms with Gasteiger partial charge in [0, 0.05) is 16.0 Å². The molecule has 2 rings (SSSR count). The van der Waals surface area contributed by atoms with E-state index < -0.39 is 0 Å². The average molecular weight is 284 g/mol. The van der Waals surface area contributed by atoms with E-state index in [-0.39, 0.29) is 0 Å². The maximum Gasteiger partial charge on any atom is 0.129 e. The second-order valence-corrected chi connectivity index (χ2v) is 4.79. The molecule has 0 spiro atoms. The molecule has 0 radical (unpaired) electrons. The van der Waals surface area contributed by atoms with Crippen molar-refractivity contribution in [2.45, 2.75) is 13.5 Å². The lowest BCUT2D eigenvalue weighted by molar-refractivity contribution is 1.04. The van der Waals surface area contributed by atoms with Crippen LogP contribution in [0, 0.1) is 6.92 Å². The van der Waals surface area contributed by atoms with Gasteiger partial charge >= 0.3 is 0 Å². The zero-order valence-corrected chi connectivity index (χ0v) is 10.6. The maximum atomic E-state index is 4.29. The van der Waals surface area contributed by atoms with E-state index in [1.165, 1.54) is 0 Å². The summed E-state index contributed by atoms with van der Waals surface area (Å²) in [6, 6.07) is 2.04. The van der Waals surface area contributed by atoms with E-state index in [1.807, 2.05) is 23.9 Å². The molecule has 0 unspecified atom stereocenters. The van der Waals surface area contributed by atoms with Gasteiger partial charge in [-0.15, -0.1) is 11.3 Å². The molecule has 2 aromatic rings. The predicted octanol–water partition coefficient (Wildman–Crippen LogP) is 3.22. The van der Waals surface area contributed by atoms with Gasteiger partial charge in [-0.2, -0.15) is 0 Å². The molecule has 0 bridgehead atoms. The quantitative estimate of drug-likeness (QED) is 0.940.